The van der Waals surface area contributed by atoms with Crippen molar-refractivity contribution in [1.82, 2.24) is 15.3 Å². The van der Waals surface area contributed by atoms with Gasteiger partial charge in [-0.3, -0.25) is 4.98 Å². The van der Waals surface area contributed by atoms with Gasteiger partial charge < -0.3 is 29.0 Å². The number of rotatable bonds is 10. The number of nitrogens with zero attached hydrogens (tertiary/aromatic N) is 3. The first-order valence-electron chi connectivity index (χ1n) is 14.9. The van der Waals surface area contributed by atoms with E-state index in [2.05, 4.69) is 16.4 Å². The molecule has 1 unspecified atom stereocenters. The molecular weight excluding hydrogens is 524 g/mol. The van der Waals surface area contributed by atoms with E-state index >= 15 is 0 Å². The second-order valence-corrected chi connectivity index (χ2v) is 12.5. The summed E-state index contributed by atoms with van der Waals surface area (Å²) in [6.07, 6.45) is 9.79. The van der Waals surface area contributed by atoms with Gasteiger partial charge in [-0.1, -0.05) is 0 Å². The third kappa shape index (κ3) is 7.45. The second-order valence-electron chi connectivity index (χ2n) is 12.5. The molecule has 3 aliphatic heterocycles. The SMILES string of the molecule is CC(C)(C)OC(=O)NC12CCC(CCc3c(C#N)cnc4ccc(OCCCOC5CCCCO5)nc34)(CC1)OC2. The van der Waals surface area contributed by atoms with Gasteiger partial charge in [-0.05, 0) is 90.2 Å². The lowest BCUT2D eigenvalue weighted by Gasteiger charge is -2.53. The van der Waals surface area contributed by atoms with Gasteiger partial charge in [0.05, 0.1) is 47.6 Å². The van der Waals surface area contributed by atoms with Crippen LogP contribution in [0.5, 0.6) is 5.88 Å². The number of ether oxygens (including phenoxy) is 5. The molecular formula is C31H42N4O6. The Kier molecular flexibility index (Phi) is 8.97. The average molecular weight is 567 g/mol. The first-order valence-corrected chi connectivity index (χ1v) is 14.9. The number of amides is 1. The Labute approximate surface area is 242 Å². The van der Waals surface area contributed by atoms with E-state index in [1.54, 1.807) is 6.20 Å². The molecule has 3 saturated heterocycles. The van der Waals surface area contributed by atoms with Crippen LogP contribution in [-0.2, 0) is 25.4 Å². The molecule has 41 heavy (non-hydrogen) atoms. The molecule has 0 spiro atoms. The minimum atomic E-state index is -0.544. The summed E-state index contributed by atoms with van der Waals surface area (Å²) < 4.78 is 29.2. The predicted octanol–water partition coefficient (Wildman–Crippen LogP) is 5.35. The van der Waals surface area contributed by atoms with Gasteiger partial charge in [-0.2, -0.15) is 5.26 Å². The number of alkyl carbamates (subject to hydrolysis) is 1. The van der Waals surface area contributed by atoms with Crippen LogP contribution in [0.4, 0.5) is 4.79 Å². The predicted molar refractivity (Wildman–Crippen MR) is 151 cm³/mol. The molecule has 1 aliphatic carbocycles. The molecule has 222 valence electrons. The number of hydrogen-bond donors (Lipinski definition) is 1. The maximum Gasteiger partial charge on any atom is 0.408 e. The quantitative estimate of drug-likeness (QED) is 0.379. The first kappa shape index (κ1) is 29.5. The Hall–Kier alpha value is -3.00. The zero-order valence-corrected chi connectivity index (χ0v) is 24.5. The lowest BCUT2D eigenvalue weighted by Crippen LogP contribution is -2.63. The van der Waals surface area contributed by atoms with E-state index in [1.165, 1.54) is 0 Å². The Bertz CT molecular complexity index is 1240. The maximum absolute atomic E-state index is 12.4. The summed E-state index contributed by atoms with van der Waals surface area (Å²) in [7, 11) is 0. The zero-order chi connectivity index (χ0) is 28.9. The highest BCUT2D eigenvalue weighted by atomic mass is 16.7. The summed E-state index contributed by atoms with van der Waals surface area (Å²) in [5, 5.41) is 12.9. The Balaban J connectivity index is 1.19. The standard InChI is InChI=1S/C31H42N4O6/c1-29(2,3)41-28(36)35-30-12-14-31(15-13-30,40-21-30)11-10-23-22(19-32)20-33-24-8-9-25(34-27(23)24)37-17-6-18-39-26-7-4-5-16-38-26/h8-9,20,26H,4-7,10-18,21H2,1-3H3,(H,35,36). The molecule has 5 heterocycles. The van der Waals surface area contributed by atoms with Gasteiger partial charge in [0.25, 0.3) is 0 Å². The molecule has 2 aromatic rings. The van der Waals surface area contributed by atoms with Gasteiger partial charge in [0.1, 0.15) is 11.7 Å². The third-order valence-electron chi connectivity index (χ3n) is 8.26. The van der Waals surface area contributed by atoms with E-state index in [9.17, 15) is 10.1 Å². The molecule has 6 rings (SSSR count). The maximum atomic E-state index is 12.4. The number of hydrogen-bond acceptors (Lipinski definition) is 9. The van der Waals surface area contributed by atoms with E-state index in [1.807, 2.05) is 32.9 Å². The van der Waals surface area contributed by atoms with Crippen LogP contribution in [0.3, 0.4) is 0 Å². The normalized spacial score (nSPS) is 26.0. The van der Waals surface area contributed by atoms with Crippen LogP contribution in [0, 0.1) is 11.3 Å². The zero-order valence-electron chi connectivity index (χ0n) is 24.5. The highest BCUT2D eigenvalue weighted by Crippen LogP contribution is 2.46. The molecule has 1 N–H and O–H groups in total. The topological polar surface area (TPSA) is 125 Å². The van der Waals surface area contributed by atoms with Crippen LogP contribution in [0.2, 0.25) is 0 Å². The number of aryl methyl sites for hydroxylation is 1. The molecule has 0 radical (unpaired) electrons. The number of nitrogens with one attached hydrogen (secondary N) is 1. The summed E-state index contributed by atoms with van der Waals surface area (Å²) in [5.41, 5.74) is 1.61. The van der Waals surface area contributed by atoms with Gasteiger partial charge in [0.15, 0.2) is 6.29 Å². The molecule has 10 nitrogen and oxygen atoms in total. The Morgan fingerprint density at radius 1 is 1.20 bits per heavy atom. The van der Waals surface area contributed by atoms with Crippen molar-refractivity contribution in [2.45, 2.75) is 108 Å². The molecule has 1 saturated carbocycles. The van der Waals surface area contributed by atoms with Gasteiger partial charge in [0.2, 0.25) is 5.88 Å². The van der Waals surface area contributed by atoms with Crippen molar-refractivity contribution in [3.8, 4) is 11.9 Å². The molecule has 2 aromatic heterocycles. The fourth-order valence-electron chi connectivity index (χ4n) is 5.94. The second kappa shape index (κ2) is 12.5. The van der Waals surface area contributed by atoms with Gasteiger partial charge in [-0.15, -0.1) is 0 Å². The Morgan fingerprint density at radius 3 is 2.71 bits per heavy atom. The van der Waals surface area contributed by atoms with Crippen LogP contribution in [0.1, 0.15) is 89.7 Å². The largest absolute Gasteiger partial charge is 0.478 e. The summed E-state index contributed by atoms with van der Waals surface area (Å²) in [6, 6.07) is 6.01. The van der Waals surface area contributed by atoms with Crippen LogP contribution in [-0.4, -0.2) is 65.5 Å². The number of nitriles is 1. The Morgan fingerprint density at radius 2 is 2.02 bits per heavy atom. The molecule has 1 amide bonds. The van der Waals surface area contributed by atoms with Crippen LogP contribution >= 0.6 is 0 Å². The monoisotopic (exact) mass is 566 g/mol. The lowest BCUT2D eigenvalue weighted by molar-refractivity contribution is -0.163. The van der Waals surface area contributed by atoms with E-state index in [0.717, 1.165) is 75.5 Å². The third-order valence-corrected chi connectivity index (χ3v) is 8.26. The number of carbonyl (C=O) groups is 1. The minimum absolute atomic E-state index is 0.102. The van der Waals surface area contributed by atoms with Crippen molar-refractivity contribution in [2.24, 2.45) is 0 Å². The van der Waals surface area contributed by atoms with Crippen LogP contribution in [0.25, 0.3) is 11.0 Å². The molecule has 4 fully saturated rings. The first-order chi connectivity index (χ1) is 19.7. The molecule has 0 aromatic carbocycles. The van der Waals surface area contributed by atoms with E-state index in [4.69, 9.17) is 28.7 Å². The van der Waals surface area contributed by atoms with Crippen LogP contribution in [0.15, 0.2) is 18.3 Å². The van der Waals surface area contributed by atoms with Crippen molar-refractivity contribution in [3.63, 3.8) is 0 Å². The van der Waals surface area contributed by atoms with E-state index in [0.29, 0.717) is 43.2 Å². The average Bonchev–Trinajstić information content (AvgIpc) is 2.96. The van der Waals surface area contributed by atoms with Crippen molar-refractivity contribution in [2.75, 3.05) is 26.4 Å². The number of fused-ring (bicyclic) bond motifs is 4. The van der Waals surface area contributed by atoms with Gasteiger partial charge in [0, 0.05) is 25.3 Å². The fraction of sp³-hybridized carbons (Fsp3) is 0.677. The minimum Gasteiger partial charge on any atom is -0.478 e. The highest BCUT2D eigenvalue weighted by Gasteiger charge is 2.50. The molecule has 1 atom stereocenters. The summed E-state index contributed by atoms with van der Waals surface area (Å²) in [5.74, 6) is 0.507. The van der Waals surface area contributed by atoms with Crippen molar-refractivity contribution in [3.05, 3.63) is 29.5 Å². The molecule has 2 bridgehead atoms. The van der Waals surface area contributed by atoms with E-state index in [-0.39, 0.29) is 17.4 Å². The van der Waals surface area contributed by atoms with E-state index < -0.39 is 11.7 Å². The molecule has 10 heteroatoms. The number of pyridine rings is 2. The van der Waals surface area contributed by atoms with Crippen LogP contribution < -0.4 is 10.1 Å². The van der Waals surface area contributed by atoms with Crippen molar-refractivity contribution >= 4 is 17.1 Å². The lowest BCUT2D eigenvalue weighted by atomic mass is 9.69. The summed E-state index contributed by atoms with van der Waals surface area (Å²) in [6.45, 7) is 7.85. The van der Waals surface area contributed by atoms with Crippen molar-refractivity contribution in [1.29, 1.82) is 5.26 Å². The fourth-order valence-corrected chi connectivity index (χ4v) is 5.94. The van der Waals surface area contributed by atoms with Gasteiger partial charge >= 0.3 is 6.09 Å². The van der Waals surface area contributed by atoms with Crippen molar-refractivity contribution < 1.29 is 28.5 Å². The summed E-state index contributed by atoms with van der Waals surface area (Å²) >= 11 is 0. The number of carbonyl (C=O) groups excluding carboxylic acids is 1. The highest BCUT2D eigenvalue weighted by molar-refractivity contribution is 5.80. The summed E-state index contributed by atoms with van der Waals surface area (Å²) in [4.78, 5) is 21.7. The number of aromatic nitrogens is 2. The van der Waals surface area contributed by atoms with Gasteiger partial charge in [-0.25, -0.2) is 9.78 Å². The molecule has 4 aliphatic rings. The smallest absolute Gasteiger partial charge is 0.408 e.